The third-order valence-corrected chi connectivity index (χ3v) is 3.47. The topological polar surface area (TPSA) is 67.6 Å². The van der Waals surface area contributed by atoms with Crippen LogP contribution in [0.25, 0.3) is 0 Å². The minimum absolute atomic E-state index is 0. The number of anilines is 1. The summed E-state index contributed by atoms with van der Waals surface area (Å²) >= 11 is 0. The highest BCUT2D eigenvalue weighted by Crippen LogP contribution is 2.11. The second-order valence-electron chi connectivity index (χ2n) is 5.07. The van der Waals surface area contributed by atoms with Crippen LogP contribution >= 0.6 is 12.4 Å². The number of carbonyl (C=O) groups is 1. The van der Waals surface area contributed by atoms with Gasteiger partial charge >= 0.3 is 0 Å². The molecule has 1 aliphatic rings. The maximum absolute atomic E-state index is 12.1. The third-order valence-electron chi connectivity index (χ3n) is 3.47. The Morgan fingerprint density at radius 1 is 1.52 bits per heavy atom. The molecule has 1 aromatic rings. The van der Waals surface area contributed by atoms with Crippen LogP contribution in [0.4, 0.5) is 5.69 Å². The molecule has 3 N–H and O–H groups in total. The molecule has 1 aliphatic heterocycles. The fraction of sp³-hybridized carbons (Fsp3) is 0.533. The first-order valence-electron chi connectivity index (χ1n) is 7.14. The van der Waals surface area contributed by atoms with Crippen LogP contribution in [0.1, 0.15) is 12.5 Å². The van der Waals surface area contributed by atoms with Gasteiger partial charge in [0, 0.05) is 25.3 Å². The van der Waals surface area contributed by atoms with Crippen molar-refractivity contribution in [3.05, 3.63) is 29.8 Å². The van der Waals surface area contributed by atoms with Gasteiger partial charge in [0.1, 0.15) is 0 Å². The molecule has 0 saturated carbocycles. The van der Waals surface area contributed by atoms with Crippen molar-refractivity contribution < 1.29 is 9.53 Å². The lowest BCUT2D eigenvalue weighted by molar-refractivity contribution is -0.119. The summed E-state index contributed by atoms with van der Waals surface area (Å²) in [4.78, 5) is 14.1. The summed E-state index contributed by atoms with van der Waals surface area (Å²) in [7, 11) is 0. The fourth-order valence-electron chi connectivity index (χ4n) is 2.34. The van der Waals surface area contributed by atoms with Crippen LogP contribution in [-0.2, 0) is 16.0 Å². The first-order chi connectivity index (χ1) is 9.71. The summed E-state index contributed by atoms with van der Waals surface area (Å²) in [5.41, 5.74) is 7.68. The molecule has 2 rings (SSSR count). The average molecular weight is 314 g/mol. The van der Waals surface area contributed by atoms with Crippen molar-refractivity contribution in [3.8, 4) is 0 Å². The molecule has 1 heterocycles. The highest BCUT2D eigenvalue weighted by molar-refractivity contribution is 5.92. The first kappa shape index (κ1) is 17.9. The second kappa shape index (κ2) is 9.00. The number of benzene rings is 1. The zero-order valence-electron chi connectivity index (χ0n) is 12.4. The summed E-state index contributed by atoms with van der Waals surface area (Å²) in [5, 5.41) is 2.94. The first-order valence-corrected chi connectivity index (χ1v) is 7.14. The molecule has 0 spiro atoms. The summed E-state index contributed by atoms with van der Waals surface area (Å²) in [6, 6.07) is 7.95. The number of nitrogens with zero attached hydrogens (tertiary/aromatic N) is 1. The Morgan fingerprint density at radius 2 is 2.33 bits per heavy atom. The van der Waals surface area contributed by atoms with E-state index in [1.54, 1.807) is 0 Å². The van der Waals surface area contributed by atoms with E-state index in [2.05, 4.69) is 23.2 Å². The molecular weight excluding hydrogens is 290 g/mol. The highest BCUT2D eigenvalue weighted by Gasteiger charge is 2.20. The van der Waals surface area contributed by atoms with Gasteiger partial charge in [-0.25, -0.2) is 0 Å². The van der Waals surface area contributed by atoms with Crippen molar-refractivity contribution in [2.75, 3.05) is 38.1 Å². The number of amides is 1. The van der Waals surface area contributed by atoms with E-state index in [0.717, 1.165) is 25.2 Å². The van der Waals surface area contributed by atoms with E-state index in [1.165, 1.54) is 5.56 Å². The summed E-state index contributed by atoms with van der Waals surface area (Å²) in [6.07, 6.45) is 1.01. The lowest BCUT2D eigenvalue weighted by Gasteiger charge is -2.31. The van der Waals surface area contributed by atoms with Crippen molar-refractivity contribution in [1.29, 1.82) is 0 Å². The standard InChI is InChI=1S/C15H23N3O2.ClH/c1-2-12-4-3-5-13(8-12)17-15(19)11-18-6-7-20-14(9-16)10-18;/h3-5,8,14H,2,6-7,9-11,16H2,1H3,(H,17,19);1H. The Labute approximate surface area is 132 Å². The van der Waals surface area contributed by atoms with Gasteiger partial charge in [-0.15, -0.1) is 12.4 Å². The molecule has 21 heavy (non-hydrogen) atoms. The Hall–Kier alpha value is -1.14. The van der Waals surface area contributed by atoms with Gasteiger partial charge in [-0.3, -0.25) is 9.69 Å². The van der Waals surface area contributed by atoms with Crippen LogP contribution in [-0.4, -0.2) is 49.7 Å². The zero-order chi connectivity index (χ0) is 14.4. The Balaban J connectivity index is 0.00000220. The molecule has 1 atom stereocenters. The predicted octanol–water partition coefficient (Wildman–Crippen LogP) is 1.27. The summed E-state index contributed by atoms with van der Waals surface area (Å²) in [5.74, 6) is 0.0101. The zero-order valence-corrected chi connectivity index (χ0v) is 13.2. The van der Waals surface area contributed by atoms with Crippen LogP contribution in [0, 0.1) is 0 Å². The molecule has 0 bridgehead atoms. The maximum Gasteiger partial charge on any atom is 0.238 e. The van der Waals surface area contributed by atoms with Crippen LogP contribution in [0.3, 0.4) is 0 Å². The van der Waals surface area contributed by atoms with Crippen LogP contribution in [0.2, 0.25) is 0 Å². The van der Waals surface area contributed by atoms with Gasteiger partial charge in [-0.2, -0.15) is 0 Å². The number of ether oxygens (including phenoxy) is 1. The maximum atomic E-state index is 12.1. The van der Waals surface area contributed by atoms with Gasteiger partial charge in [-0.1, -0.05) is 19.1 Å². The quantitative estimate of drug-likeness (QED) is 0.859. The van der Waals surface area contributed by atoms with Crippen molar-refractivity contribution in [3.63, 3.8) is 0 Å². The van der Waals surface area contributed by atoms with Gasteiger partial charge in [0.2, 0.25) is 5.91 Å². The molecule has 118 valence electrons. The van der Waals surface area contributed by atoms with E-state index in [4.69, 9.17) is 10.5 Å². The van der Waals surface area contributed by atoms with Gasteiger partial charge in [0.05, 0.1) is 19.3 Å². The van der Waals surface area contributed by atoms with Crippen molar-refractivity contribution in [2.24, 2.45) is 5.73 Å². The minimum Gasteiger partial charge on any atom is -0.374 e. The van der Waals surface area contributed by atoms with Crippen molar-refractivity contribution in [2.45, 2.75) is 19.4 Å². The number of carbonyl (C=O) groups excluding carboxylic acids is 1. The Morgan fingerprint density at radius 3 is 3.05 bits per heavy atom. The summed E-state index contributed by atoms with van der Waals surface area (Å²) < 4.78 is 5.49. The SMILES string of the molecule is CCc1cccc(NC(=O)CN2CCOC(CN)C2)c1.Cl. The number of halogens is 1. The molecule has 5 nitrogen and oxygen atoms in total. The largest absolute Gasteiger partial charge is 0.374 e. The molecular formula is C15H24ClN3O2. The van der Waals surface area contributed by atoms with Crippen molar-refractivity contribution >= 4 is 24.0 Å². The number of aryl methyl sites for hydroxylation is 1. The fourth-order valence-corrected chi connectivity index (χ4v) is 2.34. The van der Waals surface area contributed by atoms with E-state index in [1.807, 2.05) is 18.2 Å². The molecule has 0 aliphatic carbocycles. The van der Waals surface area contributed by atoms with E-state index >= 15 is 0 Å². The Bertz CT molecular complexity index is 456. The molecule has 1 aromatic carbocycles. The smallest absolute Gasteiger partial charge is 0.238 e. The van der Waals surface area contributed by atoms with Gasteiger partial charge < -0.3 is 15.8 Å². The number of nitrogens with one attached hydrogen (secondary N) is 1. The van der Waals surface area contributed by atoms with E-state index < -0.39 is 0 Å². The third kappa shape index (κ3) is 5.63. The van der Waals surface area contributed by atoms with Crippen LogP contribution < -0.4 is 11.1 Å². The van der Waals surface area contributed by atoms with Crippen LogP contribution in [0.15, 0.2) is 24.3 Å². The molecule has 0 aromatic heterocycles. The molecule has 6 heteroatoms. The predicted molar refractivity (Wildman–Crippen MR) is 86.9 cm³/mol. The normalized spacial score (nSPS) is 18.9. The summed E-state index contributed by atoms with van der Waals surface area (Å²) in [6.45, 7) is 5.12. The number of rotatable bonds is 5. The molecule has 1 unspecified atom stereocenters. The molecule has 1 saturated heterocycles. The lowest BCUT2D eigenvalue weighted by Crippen LogP contribution is -2.48. The average Bonchev–Trinajstić information content (AvgIpc) is 2.47. The van der Waals surface area contributed by atoms with E-state index in [-0.39, 0.29) is 24.4 Å². The number of hydrogen-bond acceptors (Lipinski definition) is 4. The molecule has 1 fully saturated rings. The monoisotopic (exact) mass is 313 g/mol. The number of hydrogen-bond donors (Lipinski definition) is 2. The Kier molecular flexibility index (Phi) is 7.67. The molecule has 0 radical (unpaired) electrons. The second-order valence-corrected chi connectivity index (χ2v) is 5.07. The van der Waals surface area contributed by atoms with Gasteiger partial charge in [0.25, 0.3) is 0 Å². The number of nitrogens with two attached hydrogens (primary N) is 1. The number of morpholine rings is 1. The molecule has 1 amide bonds. The minimum atomic E-state index is 0. The van der Waals surface area contributed by atoms with Gasteiger partial charge in [0.15, 0.2) is 0 Å². The highest BCUT2D eigenvalue weighted by atomic mass is 35.5. The van der Waals surface area contributed by atoms with Crippen LogP contribution in [0.5, 0.6) is 0 Å². The van der Waals surface area contributed by atoms with E-state index in [9.17, 15) is 4.79 Å². The van der Waals surface area contributed by atoms with Crippen molar-refractivity contribution in [1.82, 2.24) is 4.90 Å². The van der Waals surface area contributed by atoms with E-state index in [0.29, 0.717) is 19.7 Å². The van der Waals surface area contributed by atoms with Gasteiger partial charge in [-0.05, 0) is 24.1 Å². The lowest BCUT2D eigenvalue weighted by atomic mass is 10.1.